The summed E-state index contributed by atoms with van der Waals surface area (Å²) in [5, 5.41) is 0.337. The Labute approximate surface area is 176 Å². The van der Waals surface area contributed by atoms with E-state index in [9.17, 15) is 24.0 Å². The third-order valence-corrected chi connectivity index (χ3v) is 3.99. The van der Waals surface area contributed by atoms with Gasteiger partial charge in [-0.3, -0.25) is 24.0 Å². The summed E-state index contributed by atoms with van der Waals surface area (Å²) in [5.41, 5.74) is -1.28. The Hall–Kier alpha value is -2.21. The molecule has 0 aromatic rings. The maximum atomic E-state index is 12.4. The molecule has 1 aliphatic rings. The smallest absolute Gasteiger partial charge is 0.463 e. The fourth-order valence-corrected chi connectivity index (χ4v) is 2.18. The number of halogens is 1. The molecule has 0 aromatic carbocycles. The molecule has 0 bridgehead atoms. The minimum absolute atomic E-state index is 0.0430. The van der Waals surface area contributed by atoms with Gasteiger partial charge in [-0.05, 0) is 20.8 Å². The minimum atomic E-state index is -1.28. The van der Waals surface area contributed by atoms with E-state index in [1.807, 2.05) is 0 Å². The summed E-state index contributed by atoms with van der Waals surface area (Å²) in [7, 11) is 1.38. The zero-order valence-corrected chi connectivity index (χ0v) is 18.2. The first-order valence-electron chi connectivity index (χ1n) is 8.63. The van der Waals surface area contributed by atoms with E-state index in [-0.39, 0.29) is 39.3 Å². The molecule has 1 aliphatic heterocycles. The number of esters is 2. The van der Waals surface area contributed by atoms with Crippen LogP contribution in [0.2, 0.25) is 0 Å². The van der Waals surface area contributed by atoms with Gasteiger partial charge in [-0.15, -0.1) is 0 Å². The van der Waals surface area contributed by atoms with Crippen molar-refractivity contribution in [3.8, 4) is 0 Å². The molecule has 12 heteroatoms. The highest BCUT2D eigenvalue weighted by molar-refractivity contribution is 9.10. The maximum absolute atomic E-state index is 12.4. The number of hydrogen-bond acceptors (Lipinski definition) is 10. The number of nitrogens with zero attached hydrogens (tertiary/aromatic N) is 1. The quantitative estimate of drug-likeness (QED) is 0.147. The van der Waals surface area contributed by atoms with Crippen molar-refractivity contribution in [2.75, 3.05) is 33.5 Å². The Bertz CT molecular complexity index is 643. The lowest BCUT2D eigenvalue weighted by Gasteiger charge is -2.27. The third-order valence-electron chi connectivity index (χ3n) is 3.67. The Morgan fingerprint density at radius 2 is 1.48 bits per heavy atom. The van der Waals surface area contributed by atoms with Gasteiger partial charge in [-0.1, -0.05) is 21.0 Å². The fourth-order valence-electron chi connectivity index (χ4n) is 2.07. The molecule has 1 rings (SSSR count). The Morgan fingerprint density at radius 1 is 0.931 bits per heavy atom. The van der Waals surface area contributed by atoms with Gasteiger partial charge in [0, 0.05) is 20.0 Å². The molecule has 164 valence electrons. The lowest BCUT2D eigenvalue weighted by atomic mass is 9.93. The van der Waals surface area contributed by atoms with Gasteiger partial charge >= 0.3 is 18.1 Å². The van der Waals surface area contributed by atoms with Gasteiger partial charge < -0.3 is 18.9 Å². The SMILES string of the molecule is COCC(C)(COC(=O)C(C)(C)Br)C(=O)OCCOC(=O)ON1C(=O)CCC1=O. The number of rotatable bonds is 10. The summed E-state index contributed by atoms with van der Waals surface area (Å²) < 4.78 is 18.9. The van der Waals surface area contributed by atoms with Crippen LogP contribution in [0.5, 0.6) is 0 Å². The molecule has 1 heterocycles. The average Bonchev–Trinajstić information content (AvgIpc) is 2.94. The Morgan fingerprint density at radius 3 is 2.00 bits per heavy atom. The average molecular weight is 482 g/mol. The Balaban J connectivity index is 2.44. The van der Waals surface area contributed by atoms with Crippen LogP contribution in [0.3, 0.4) is 0 Å². The number of ether oxygens (including phenoxy) is 4. The number of imide groups is 1. The summed E-state index contributed by atoms with van der Waals surface area (Å²) in [6.45, 7) is 3.62. The summed E-state index contributed by atoms with van der Waals surface area (Å²) in [6, 6.07) is 0. The molecule has 0 aromatic heterocycles. The predicted molar refractivity (Wildman–Crippen MR) is 98.4 cm³/mol. The molecular weight excluding hydrogens is 458 g/mol. The van der Waals surface area contributed by atoms with Crippen LogP contribution in [0.1, 0.15) is 33.6 Å². The summed E-state index contributed by atoms with van der Waals surface area (Å²) in [5.74, 6) is -2.59. The molecule has 1 atom stereocenters. The summed E-state index contributed by atoms with van der Waals surface area (Å²) >= 11 is 3.16. The van der Waals surface area contributed by atoms with Gasteiger partial charge in [0.1, 0.15) is 29.6 Å². The molecule has 0 N–H and O–H groups in total. The molecule has 2 amide bonds. The summed E-state index contributed by atoms with van der Waals surface area (Å²) in [4.78, 5) is 62.9. The standard InChI is InChI=1S/C17H24BrNO10/c1-16(2,18)13(22)28-10-17(3,9-25-4)14(23)26-7-8-27-15(24)29-19-11(20)5-6-12(19)21/h5-10H2,1-4H3. The van der Waals surface area contributed by atoms with Crippen LogP contribution >= 0.6 is 15.9 Å². The number of carbonyl (C=O) groups excluding carboxylic acids is 5. The van der Waals surface area contributed by atoms with Gasteiger partial charge in [0.2, 0.25) is 0 Å². The van der Waals surface area contributed by atoms with Gasteiger partial charge in [0.05, 0.1) is 6.61 Å². The molecule has 0 aliphatic carbocycles. The lowest BCUT2D eigenvalue weighted by Crippen LogP contribution is -2.41. The number of carbonyl (C=O) groups is 5. The minimum Gasteiger partial charge on any atom is -0.463 e. The van der Waals surface area contributed by atoms with Crippen LogP contribution in [0.25, 0.3) is 0 Å². The first-order chi connectivity index (χ1) is 13.4. The highest BCUT2D eigenvalue weighted by atomic mass is 79.9. The van der Waals surface area contributed by atoms with Crippen molar-refractivity contribution in [2.45, 2.75) is 37.9 Å². The van der Waals surface area contributed by atoms with E-state index in [0.717, 1.165) is 0 Å². The lowest BCUT2D eigenvalue weighted by molar-refractivity contribution is -0.177. The van der Waals surface area contributed by atoms with Crippen molar-refractivity contribution < 1.29 is 47.8 Å². The predicted octanol–water partition coefficient (Wildman–Crippen LogP) is 1.12. The molecule has 29 heavy (non-hydrogen) atoms. The van der Waals surface area contributed by atoms with Crippen LogP contribution in [-0.4, -0.2) is 72.8 Å². The van der Waals surface area contributed by atoms with Crippen molar-refractivity contribution >= 4 is 45.8 Å². The second-order valence-electron chi connectivity index (χ2n) is 6.95. The van der Waals surface area contributed by atoms with Gasteiger partial charge in [0.25, 0.3) is 11.8 Å². The highest BCUT2D eigenvalue weighted by Crippen LogP contribution is 2.23. The molecule has 1 saturated heterocycles. The van der Waals surface area contributed by atoms with Crippen LogP contribution < -0.4 is 0 Å². The van der Waals surface area contributed by atoms with E-state index in [2.05, 4.69) is 25.5 Å². The molecule has 0 saturated carbocycles. The Kier molecular flexibility index (Phi) is 9.02. The van der Waals surface area contributed by atoms with Crippen molar-refractivity contribution in [3.63, 3.8) is 0 Å². The normalized spacial score (nSPS) is 16.2. The second kappa shape index (κ2) is 10.5. The zero-order valence-electron chi connectivity index (χ0n) is 16.7. The van der Waals surface area contributed by atoms with E-state index < -0.39 is 39.6 Å². The molecule has 0 spiro atoms. The van der Waals surface area contributed by atoms with Gasteiger partial charge in [0.15, 0.2) is 0 Å². The zero-order chi connectivity index (χ0) is 22.2. The highest BCUT2D eigenvalue weighted by Gasteiger charge is 2.39. The monoisotopic (exact) mass is 481 g/mol. The summed E-state index contributed by atoms with van der Waals surface area (Å²) in [6.07, 6.45) is -1.37. The van der Waals surface area contributed by atoms with Crippen molar-refractivity contribution in [1.82, 2.24) is 5.06 Å². The molecule has 11 nitrogen and oxygen atoms in total. The van der Waals surface area contributed by atoms with E-state index in [1.165, 1.54) is 14.0 Å². The fraction of sp³-hybridized carbons (Fsp3) is 0.706. The van der Waals surface area contributed by atoms with Crippen LogP contribution in [0.15, 0.2) is 0 Å². The molecule has 0 radical (unpaired) electrons. The second-order valence-corrected chi connectivity index (χ2v) is 8.93. The van der Waals surface area contributed by atoms with E-state index in [1.54, 1.807) is 13.8 Å². The largest absolute Gasteiger partial charge is 0.534 e. The van der Waals surface area contributed by atoms with E-state index in [0.29, 0.717) is 5.06 Å². The van der Waals surface area contributed by atoms with E-state index in [4.69, 9.17) is 14.2 Å². The van der Waals surface area contributed by atoms with Crippen LogP contribution in [0, 0.1) is 5.41 Å². The first-order valence-corrected chi connectivity index (χ1v) is 9.43. The van der Waals surface area contributed by atoms with Gasteiger partial charge in [-0.2, -0.15) is 0 Å². The van der Waals surface area contributed by atoms with Crippen molar-refractivity contribution in [2.24, 2.45) is 5.41 Å². The number of alkyl halides is 1. The molecule has 1 unspecified atom stereocenters. The number of hydroxylamine groups is 2. The van der Waals surface area contributed by atoms with Gasteiger partial charge in [-0.25, -0.2) is 4.79 Å². The topological polar surface area (TPSA) is 135 Å². The number of hydrogen-bond donors (Lipinski definition) is 0. The maximum Gasteiger partial charge on any atom is 0.534 e. The van der Waals surface area contributed by atoms with E-state index >= 15 is 0 Å². The molecular formula is C17H24BrNO10. The third kappa shape index (κ3) is 7.61. The van der Waals surface area contributed by atoms with Crippen LogP contribution in [-0.2, 0) is 43.0 Å². The van der Waals surface area contributed by atoms with Crippen molar-refractivity contribution in [1.29, 1.82) is 0 Å². The van der Waals surface area contributed by atoms with Crippen molar-refractivity contribution in [3.05, 3.63) is 0 Å². The number of amides is 2. The first kappa shape index (κ1) is 24.8. The molecule has 1 fully saturated rings. The number of methoxy groups -OCH3 is 1. The van der Waals surface area contributed by atoms with Crippen LogP contribution in [0.4, 0.5) is 4.79 Å².